The average molecular weight is 440 g/mol. The van der Waals surface area contributed by atoms with Crippen LogP contribution in [0.5, 0.6) is 5.75 Å². The van der Waals surface area contributed by atoms with Crippen molar-refractivity contribution < 1.29 is 14.3 Å². The van der Waals surface area contributed by atoms with Gasteiger partial charge in [-0.1, -0.05) is 12.1 Å². The molecular formula is C27H24N2O4. The Morgan fingerprint density at radius 2 is 2.00 bits per heavy atom. The van der Waals surface area contributed by atoms with Crippen molar-refractivity contribution in [1.29, 1.82) is 5.26 Å². The lowest BCUT2D eigenvalue weighted by atomic mass is 9.69. The number of methoxy groups -OCH3 is 1. The first kappa shape index (κ1) is 21.0. The molecule has 2 aromatic carbocycles. The lowest BCUT2D eigenvalue weighted by Gasteiger charge is -2.49. The predicted octanol–water partition coefficient (Wildman–Crippen LogP) is 4.67. The van der Waals surface area contributed by atoms with E-state index in [-0.39, 0.29) is 23.1 Å². The lowest BCUT2D eigenvalue weighted by Crippen LogP contribution is -2.46. The van der Waals surface area contributed by atoms with Crippen molar-refractivity contribution >= 4 is 5.97 Å². The van der Waals surface area contributed by atoms with Gasteiger partial charge >= 0.3 is 5.97 Å². The van der Waals surface area contributed by atoms with Crippen LogP contribution >= 0.6 is 0 Å². The summed E-state index contributed by atoms with van der Waals surface area (Å²) in [6.45, 7) is 1.95. The van der Waals surface area contributed by atoms with Crippen LogP contribution in [0.2, 0.25) is 0 Å². The highest BCUT2D eigenvalue weighted by Gasteiger charge is 2.43. The molecular weight excluding hydrogens is 416 g/mol. The maximum atomic E-state index is 12.9. The van der Waals surface area contributed by atoms with Gasteiger partial charge in [0.05, 0.1) is 31.0 Å². The van der Waals surface area contributed by atoms with E-state index in [9.17, 15) is 14.9 Å². The Balaban J connectivity index is 1.71. The SMILES string of the molecule is CCOC(=O)c1cn2c(cc1=O)-c1cc(OC)c(-c3cccc(C#N)c3)cc1CC21CCC1. The van der Waals surface area contributed by atoms with E-state index in [1.165, 1.54) is 0 Å². The zero-order chi connectivity index (χ0) is 23.2. The maximum absolute atomic E-state index is 12.9. The number of benzene rings is 2. The Morgan fingerprint density at radius 3 is 2.67 bits per heavy atom. The molecule has 0 N–H and O–H groups in total. The largest absolute Gasteiger partial charge is 0.496 e. The molecule has 1 aromatic heterocycles. The first-order chi connectivity index (χ1) is 16.0. The second kappa shape index (κ2) is 7.93. The van der Waals surface area contributed by atoms with E-state index in [0.717, 1.165) is 53.6 Å². The second-order valence-electron chi connectivity index (χ2n) is 8.68. The van der Waals surface area contributed by atoms with Gasteiger partial charge in [0.15, 0.2) is 5.43 Å². The summed E-state index contributed by atoms with van der Waals surface area (Å²) in [6.07, 6.45) is 5.55. The van der Waals surface area contributed by atoms with Crippen molar-refractivity contribution in [1.82, 2.24) is 4.57 Å². The summed E-state index contributed by atoms with van der Waals surface area (Å²) in [5.41, 5.74) is 4.86. The second-order valence-corrected chi connectivity index (χ2v) is 8.68. The van der Waals surface area contributed by atoms with Crippen LogP contribution in [0.25, 0.3) is 22.4 Å². The smallest absolute Gasteiger partial charge is 0.343 e. The molecule has 0 amide bonds. The maximum Gasteiger partial charge on any atom is 0.343 e. The van der Waals surface area contributed by atoms with E-state index < -0.39 is 5.97 Å². The summed E-state index contributed by atoms with van der Waals surface area (Å²) in [5.74, 6) is 0.0882. The van der Waals surface area contributed by atoms with E-state index in [2.05, 4.69) is 16.7 Å². The molecule has 5 rings (SSSR count). The van der Waals surface area contributed by atoms with Crippen molar-refractivity contribution in [2.45, 2.75) is 38.1 Å². The van der Waals surface area contributed by atoms with Gasteiger partial charge in [-0.15, -0.1) is 0 Å². The van der Waals surface area contributed by atoms with Crippen LogP contribution < -0.4 is 10.2 Å². The Kier molecular flexibility index (Phi) is 5.05. The molecule has 3 aromatic rings. The average Bonchev–Trinajstić information content (AvgIpc) is 2.81. The van der Waals surface area contributed by atoms with Gasteiger partial charge in [-0.05, 0) is 68.0 Å². The van der Waals surface area contributed by atoms with E-state index >= 15 is 0 Å². The highest BCUT2D eigenvalue weighted by molar-refractivity contribution is 5.90. The molecule has 1 fully saturated rings. The number of pyridine rings is 1. The van der Waals surface area contributed by atoms with Gasteiger partial charge in [-0.2, -0.15) is 5.26 Å². The van der Waals surface area contributed by atoms with Crippen molar-refractivity contribution in [3.05, 3.63) is 75.6 Å². The number of carbonyl (C=O) groups is 1. The van der Waals surface area contributed by atoms with Gasteiger partial charge < -0.3 is 14.0 Å². The lowest BCUT2D eigenvalue weighted by molar-refractivity contribution is 0.0521. The van der Waals surface area contributed by atoms with Crippen LogP contribution in [-0.2, 0) is 16.7 Å². The topological polar surface area (TPSA) is 81.3 Å². The molecule has 1 saturated carbocycles. The molecule has 0 bridgehead atoms. The van der Waals surface area contributed by atoms with Gasteiger partial charge in [0.1, 0.15) is 11.3 Å². The van der Waals surface area contributed by atoms with Gasteiger partial charge in [0.2, 0.25) is 0 Å². The van der Waals surface area contributed by atoms with Crippen LogP contribution in [0, 0.1) is 11.3 Å². The molecule has 1 aliphatic carbocycles. The minimum absolute atomic E-state index is 0.0761. The molecule has 6 heteroatoms. The van der Waals surface area contributed by atoms with Gasteiger partial charge in [-0.25, -0.2) is 4.79 Å². The number of nitriles is 1. The highest BCUT2D eigenvalue weighted by atomic mass is 16.5. The Morgan fingerprint density at radius 1 is 1.18 bits per heavy atom. The van der Waals surface area contributed by atoms with Crippen LogP contribution in [0.1, 0.15) is 47.7 Å². The zero-order valence-electron chi connectivity index (χ0n) is 18.7. The molecule has 1 aliphatic heterocycles. The quantitative estimate of drug-likeness (QED) is 0.551. The van der Waals surface area contributed by atoms with Crippen LogP contribution in [-0.4, -0.2) is 24.3 Å². The van der Waals surface area contributed by atoms with E-state index in [1.54, 1.807) is 32.4 Å². The van der Waals surface area contributed by atoms with E-state index in [1.807, 2.05) is 24.3 Å². The summed E-state index contributed by atoms with van der Waals surface area (Å²) in [7, 11) is 1.62. The fraction of sp³-hybridized carbons (Fsp3) is 0.296. The predicted molar refractivity (Wildman–Crippen MR) is 124 cm³/mol. The number of aromatic nitrogens is 1. The third-order valence-electron chi connectivity index (χ3n) is 6.87. The first-order valence-electron chi connectivity index (χ1n) is 11.2. The molecule has 2 aliphatic rings. The van der Waals surface area contributed by atoms with Crippen LogP contribution in [0.3, 0.4) is 0 Å². The summed E-state index contributed by atoms with van der Waals surface area (Å²) in [6, 6.07) is 15.3. The van der Waals surface area contributed by atoms with Crippen molar-refractivity contribution in [3.8, 4) is 34.2 Å². The first-order valence-corrected chi connectivity index (χ1v) is 11.2. The third-order valence-corrected chi connectivity index (χ3v) is 6.87. The summed E-state index contributed by atoms with van der Waals surface area (Å²) >= 11 is 0. The number of ether oxygens (including phenoxy) is 2. The molecule has 1 spiro atoms. The number of fused-ring (bicyclic) bond motifs is 4. The molecule has 6 nitrogen and oxygen atoms in total. The molecule has 0 saturated heterocycles. The Bertz CT molecular complexity index is 1380. The fourth-order valence-electron chi connectivity index (χ4n) is 5.10. The number of carbonyl (C=O) groups excluding carboxylic acids is 1. The number of rotatable bonds is 4. The molecule has 0 unspecified atom stereocenters. The van der Waals surface area contributed by atoms with Gasteiger partial charge in [0.25, 0.3) is 0 Å². The number of nitrogens with zero attached hydrogens (tertiary/aromatic N) is 2. The van der Waals surface area contributed by atoms with Gasteiger partial charge in [-0.3, -0.25) is 4.79 Å². The third kappa shape index (κ3) is 3.32. The summed E-state index contributed by atoms with van der Waals surface area (Å²) < 4.78 is 13.0. The van der Waals surface area contributed by atoms with Crippen LogP contribution in [0.15, 0.2) is 53.5 Å². The molecule has 2 heterocycles. The highest BCUT2D eigenvalue weighted by Crippen LogP contribution is 2.50. The number of esters is 1. The Labute approximate surface area is 192 Å². The monoisotopic (exact) mass is 440 g/mol. The summed E-state index contributed by atoms with van der Waals surface area (Å²) in [4.78, 5) is 25.3. The van der Waals surface area contributed by atoms with Crippen LogP contribution in [0.4, 0.5) is 0 Å². The molecule has 33 heavy (non-hydrogen) atoms. The molecule has 0 radical (unpaired) electrons. The minimum atomic E-state index is -0.580. The normalized spacial score (nSPS) is 15.1. The Hall–Kier alpha value is -3.85. The zero-order valence-corrected chi connectivity index (χ0v) is 18.7. The van der Waals surface area contributed by atoms with Crippen molar-refractivity contribution in [2.24, 2.45) is 0 Å². The van der Waals surface area contributed by atoms with Gasteiger partial charge in [0, 0.05) is 28.9 Å². The number of hydrogen-bond acceptors (Lipinski definition) is 5. The fourth-order valence-corrected chi connectivity index (χ4v) is 5.10. The van der Waals surface area contributed by atoms with Crippen molar-refractivity contribution in [3.63, 3.8) is 0 Å². The molecule has 166 valence electrons. The summed E-state index contributed by atoms with van der Waals surface area (Å²) in [5, 5.41) is 9.32. The van der Waals surface area contributed by atoms with E-state index in [4.69, 9.17) is 9.47 Å². The minimum Gasteiger partial charge on any atom is -0.496 e. The van der Waals surface area contributed by atoms with E-state index in [0.29, 0.717) is 11.3 Å². The molecule has 0 atom stereocenters. The standard InChI is InChI=1S/C27H24N2O4/c1-3-33-26(31)22-16-29-23(13-24(22)30)20-12-25(32-2)21(18-7-4-6-17(10-18)15-28)11-19(20)14-27(29)8-5-9-27/h4,6-7,10-13,16H,3,5,8-9,14H2,1-2H3. The van der Waals surface area contributed by atoms with Crippen molar-refractivity contribution in [2.75, 3.05) is 13.7 Å². The number of hydrogen-bond donors (Lipinski definition) is 0.